The second-order valence-electron chi connectivity index (χ2n) is 3.95. The molecule has 0 aliphatic rings. The van der Waals surface area contributed by atoms with Crippen molar-refractivity contribution in [2.45, 2.75) is 12.3 Å². The quantitative estimate of drug-likeness (QED) is 0.671. The van der Waals surface area contributed by atoms with Crippen molar-refractivity contribution in [1.29, 1.82) is 0 Å². The fourth-order valence-corrected chi connectivity index (χ4v) is 1.91. The lowest BCUT2D eigenvalue weighted by atomic mass is 9.97. The fraction of sp³-hybridized carbons (Fsp3) is 0.182. The molecular formula is C11H13ClN6O. The van der Waals surface area contributed by atoms with E-state index in [2.05, 4.69) is 25.4 Å². The fourth-order valence-electron chi connectivity index (χ4n) is 1.91. The largest absolute Gasteiger partial charge is 0.469 e. The summed E-state index contributed by atoms with van der Waals surface area (Å²) in [5.74, 6) is 1.24. The zero-order valence-corrected chi connectivity index (χ0v) is 10.7. The maximum Gasteiger partial charge on any atom is 0.197 e. The third-order valence-corrected chi connectivity index (χ3v) is 2.77. The molecule has 1 atom stereocenters. The summed E-state index contributed by atoms with van der Waals surface area (Å²) in [5.41, 5.74) is 7.31. The molecule has 3 rings (SSSR count). The molecule has 7 nitrogen and oxygen atoms in total. The zero-order chi connectivity index (χ0) is 12.4. The van der Waals surface area contributed by atoms with Crippen molar-refractivity contribution in [1.82, 2.24) is 25.4 Å². The van der Waals surface area contributed by atoms with Crippen molar-refractivity contribution >= 4 is 18.4 Å². The number of anilines is 1. The molecule has 0 aromatic carbocycles. The van der Waals surface area contributed by atoms with Crippen LogP contribution in [0.4, 0.5) is 5.95 Å². The van der Waals surface area contributed by atoms with Gasteiger partial charge in [0.25, 0.3) is 0 Å². The van der Waals surface area contributed by atoms with Crippen LogP contribution in [0.2, 0.25) is 0 Å². The van der Waals surface area contributed by atoms with Gasteiger partial charge >= 0.3 is 0 Å². The first-order valence-electron chi connectivity index (χ1n) is 5.51. The van der Waals surface area contributed by atoms with E-state index in [1.54, 1.807) is 18.7 Å². The average molecular weight is 281 g/mol. The molecule has 1 unspecified atom stereocenters. The molecule has 0 fully saturated rings. The summed E-state index contributed by atoms with van der Waals surface area (Å²) in [6.07, 6.45) is 5.71. The Labute approximate surface area is 115 Å². The molecule has 0 saturated heterocycles. The maximum atomic E-state index is 5.61. The van der Waals surface area contributed by atoms with E-state index >= 15 is 0 Å². The zero-order valence-electron chi connectivity index (χ0n) is 9.91. The van der Waals surface area contributed by atoms with Crippen molar-refractivity contribution in [2.24, 2.45) is 0 Å². The number of halogens is 1. The molecule has 0 saturated carbocycles. The van der Waals surface area contributed by atoms with Crippen LogP contribution in [0.3, 0.4) is 0 Å². The maximum absolute atomic E-state index is 5.61. The van der Waals surface area contributed by atoms with E-state index in [9.17, 15) is 0 Å². The molecule has 0 spiro atoms. The Balaban J connectivity index is 0.00000133. The highest BCUT2D eigenvalue weighted by Gasteiger charge is 2.20. The lowest BCUT2D eigenvalue weighted by Crippen LogP contribution is -2.06. The molecule has 0 amide bonds. The Morgan fingerprint density at radius 1 is 1.37 bits per heavy atom. The molecule has 100 valence electrons. The Morgan fingerprint density at radius 2 is 2.26 bits per heavy atom. The van der Waals surface area contributed by atoms with Gasteiger partial charge in [-0.2, -0.15) is 15.4 Å². The van der Waals surface area contributed by atoms with Gasteiger partial charge in [0, 0.05) is 12.1 Å². The summed E-state index contributed by atoms with van der Waals surface area (Å²) in [4.78, 5) is 7.03. The first-order valence-corrected chi connectivity index (χ1v) is 5.51. The van der Waals surface area contributed by atoms with Gasteiger partial charge in [-0.3, -0.25) is 0 Å². The monoisotopic (exact) mass is 280 g/mol. The summed E-state index contributed by atoms with van der Waals surface area (Å²) in [5, 5.41) is 10.6. The molecule has 8 heteroatoms. The normalized spacial score (nSPS) is 12.0. The molecule has 19 heavy (non-hydrogen) atoms. The minimum Gasteiger partial charge on any atom is -0.469 e. The van der Waals surface area contributed by atoms with Crippen molar-refractivity contribution in [3.8, 4) is 0 Å². The minimum absolute atomic E-state index is 0. The molecule has 0 radical (unpaired) electrons. The van der Waals surface area contributed by atoms with Gasteiger partial charge in [0.05, 0.1) is 30.3 Å². The van der Waals surface area contributed by atoms with Crippen LogP contribution in [-0.4, -0.2) is 25.4 Å². The summed E-state index contributed by atoms with van der Waals surface area (Å²) in [6.45, 7) is 0. The third-order valence-electron chi connectivity index (χ3n) is 2.77. The molecule has 3 heterocycles. The Bertz CT molecular complexity index is 603. The number of aromatic amines is 2. The molecule has 3 aromatic heterocycles. The SMILES string of the molecule is Cl.Nc1ncc(C(Cc2ccco2)c2cn[nH]n2)[nH]1. The summed E-state index contributed by atoms with van der Waals surface area (Å²) >= 11 is 0. The van der Waals surface area contributed by atoms with Crippen molar-refractivity contribution < 1.29 is 4.42 Å². The highest BCUT2D eigenvalue weighted by Crippen LogP contribution is 2.25. The molecule has 3 aromatic rings. The van der Waals surface area contributed by atoms with E-state index in [1.165, 1.54) is 0 Å². The number of rotatable bonds is 4. The summed E-state index contributed by atoms with van der Waals surface area (Å²) < 4.78 is 5.37. The molecule has 4 N–H and O–H groups in total. The van der Waals surface area contributed by atoms with E-state index < -0.39 is 0 Å². The molecular weight excluding hydrogens is 268 g/mol. The van der Waals surface area contributed by atoms with Gasteiger partial charge in [-0.1, -0.05) is 0 Å². The Kier molecular flexibility index (Phi) is 3.86. The topological polar surface area (TPSA) is 109 Å². The number of nitrogens with two attached hydrogens (primary N) is 1. The number of hydrogen-bond donors (Lipinski definition) is 3. The van der Waals surface area contributed by atoms with Gasteiger partial charge in [-0.05, 0) is 12.1 Å². The first-order chi connectivity index (χ1) is 8.83. The lowest BCUT2D eigenvalue weighted by molar-refractivity contribution is 0.494. The number of imidazole rings is 1. The second-order valence-corrected chi connectivity index (χ2v) is 3.95. The highest BCUT2D eigenvalue weighted by molar-refractivity contribution is 5.85. The van der Waals surface area contributed by atoms with Crippen molar-refractivity contribution in [2.75, 3.05) is 5.73 Å². The van der Waals surface area contributed by atoms with E-state index in [0.717, 1.165) is 17.1 Å². The lowest BCUT2D eigenvalue weighted by Gasteiger charge is -2.10. The van der Waals surface area contributed by atoms with Crippen LogP contribution in [-0.2, 0) is 6.42 Å². The minimum atomic E-state index is -0.0142. The molecule has 0 aliphatic heterocycles. The van der Waals surface area contributed by atoms with Crippen LogP contribution in [0, 0.1) is 0 Å². The summed E-state index contributed by atoms with van der Waals surface area (Å²) in [7, 11) is 0. The van der Waals surface area contributed by atoms with Crippen LogP contribution in [0.15, 0.2) is 35.2 Å². The Morgan fingerprint density at radius 3 is 2.84 bits per heavy atom. The van der Waals surface area contributed by atoms with Crippen molar-refractivity contribution in [3.63, 3.8) is 0 Å². The number of nitrogen functional groups attached to an aromatic ring is 1. The number of nitrogens with zero attached hydrogens (tertiary/aromatic N) is 3. The Hall–Kier alpha value is -2.28. The van der Waals surface area contributed by atoms with Gasteiger partial charge in [0.15, 0.2) is 5.95 Å². The van der Waals surface area contributed by atoms with Crippen molar-refractivity contribution in [3.05, 3.63) is 47.9 Å². The van der Waals surface area contributed by atoms with Crippen LogP contribution >= 0.6 is 12.4 Å². The van der Waals surface area contributed by atoms with E-state index in [-0.39, 0.29) is 18.3 Å². The van der Waals surface area contributed by atoms with Gasteiger partial charge < -0.3 is 15.1 Å². The van der Waals surface area contributed by atoms with Crippen LogP contribution in [0.25, 0.3) is 0 Å². The molecule has 0 aliphatic carbocycles. The predicted molar refractivity (Wildman–Crippen MR) is 70.9 cm³/mol. The predicted octanol–water partition coefficient (Wildman–Crippen LogP) is 1.50. The number of furan rings is 1. The van der Waals surface area contributed by atoms with Gasteiger partial charge in [0.1, 0.15) is 5.76 Å². The van der Waals surface area contributed by atoms with E-state index in [0.29, 0.717) is 12.4 Å². The van der Waals surface area contributed by atoms with Crippen LogP contribution < -0.4 is 5.73 Å². The van der Waals surface area contributed by atoms with E-state index in [4.69, 9.17) is 10.2 Å². The standard InChI is InChI=1S/C11H12N6O.ClH/c12-11-13-5-9(15-11)8(10-6-14-17-16-10)4-7-2-1-3-18-7;/h1-3,5-6,8H,4H2,(H3,12,13,15)(H,14,16,17);1H. The van der Waals surface area contributed by atoms with Gasteiger partial charge in [0.2, 0.25) is 0 Å². The van der Waals surface area contributed by atoms with Crippen LogP contribution in [0.1, 0.15) is 23.1 Å². The average Bonchev–Trinajstić information content (AvgIpc) is 3.09. The van der Waals surface area contributed by atoms with Gasteiger partial charge in [-0.25, -0.2) is 4.98 Å². The van der Waals surface area contributed by atoms with Gasteiger partial charge in [-0.15, -0.1) is 12.4 Å². The van der Waals surface area contributed by atoms with E-state index in [1.807, 2.05) is 12.1 Å². The highest BCUT2D eigenvalue weighted by atomic mass is 35.5. The summed E-state index contributed by atoms with van der Waals surface area (Å²) in [6, 6.07) is 3.78. The number of hydrogen-bond acceptors (Lipinski definition) is 5. The molecule has 0 bridgehead atoms. The number of nitrogens with one attached hydrogen (secondary N) is 2. The van der Waals surface area contributed by atoms with Crippen LogP contribution in [0.5, 0.6) is 0 Å². The number of aromatic nitrogens is 5. The third kappa shape index (κ3) is 2.76. The number of H-pyrrole nitrogens is 2. The smallest absolute Gasteiger partial charge is 0.197 e. The second kappa shape index (κ2) is 5.57. The first kappa shape index (κ1) is 13.2.